The van der Waals surface area contributed by atoms with Gasteiger partial charge in [0.1, 0.15) is 88.0 Å². The summed E-state index contributed by atoms with van der Waals surface area (Å²) in [6.07, 6.45) is 19.4. The Balaban J connectivity index is 0.000000249. The number of amides is 4. The third-order valence-electron chi connectivity index (χ3n) is 13.0. The minimum atomic E-state index is -0.888. The van der Waals surface area contributed by atoms with Crippen molar-refractivity contribution in [3.63, 3.8) is 0 Å². The zero-order chi connectivity index (χ0) is 66.1. The number of phenols is 5. The molecule has 0 aliphatic carbocycles. The topological polar surface area (TPSA) is 306 Å². The van der Waals surface area contributed by atoms with Gasteiger partial charge in [-0.3, -0.25) is 34.8 Å². The zero-order valence-electron chi connectivity index (χ0n) is 50.4. The molecule has 3 aliphatic heterocycles. The molecular weight excluding hydrogens is 1270 g/mol. The largest absolute Gasteiger partial charge is 0.506 e. The number of H-pyrrole nitrogens is 1. The van der Waals surface area contributed by atoms with Crippen molar-refractivity contribution >= 4 is 99.2 Å². The molecule has 3 heterocycles. The van der Waals surface area contributed by atoms with Crippen LogP contribution in [0, 0.1) is 0 Å². The molecule has 0 saturated carbocycles. The molecule has 0 spiro atoms. The number of unbranched alkanes of at least 4 members (excludes halogenated alkanes) is 12. The van der Waals surface area contributed by atoms with Gasteiger partial charge in [-0.25, -0.2) is 9.59 Å². The molecule has 0 aromatic heterocycles. The number of aromatic amines is 1. The van der Waals surface area contributed by atoms with E-state index in [1.807, 2.05) is 10.6 Å². The molecule has 20 nitrogen and oxygen atoms in total. The lowest BCUT2D eigenvalue weighted by molar-refractivity contribution is -0.123. The number of barbiturate groups is 1. The molecule has 4 amide bonds. The Kier molecular flexibility index (Phi) is 33.1. The number of benzene rings is 5. The maximum atomic E-state index is 11.8. The number of hydrogen-bond donors (Lipinski definition) is 8. The summed E-state index contributed by atoms with van der Waals surface area (Å²) in [5.41, 5.74) is -0.720. The quantitative estimate of drug-likeness (QED) is 0.00821. The number of nitrogens with zero attached hydrogens (tertiary/aromatic N) is 1. The standard InChI is InChI=1S/C17H19ClN2O5.C17H17ClN2O4.C13H17ClO3.C12H17ClO2.C6H5ClO2/c1-2-3-4-5-8-25-12-7-6-10(14(21)13(12)18)9-11-15(22)19-17(24)20-16(11)23;1-2-3-4-5-8-23-12-7-6-10-9-11-15(21)19-17(22)20-16(11)24-14(10)13(12)18;1-2-3-4-5-8-17-11-7-6-10(9-15)13(16)12(11)14;1-2-3-4-5-9-15-11-8-6-7-10(14)12(11)13;7-6-4(8)2-1-3-5(6)9/h6-7,9,21H,2-5,8H2,1H3,(H2,19,20,22,23,24);6-7,9H,2-5,8H2,1H3,(H,19,21,22);6-7,9,16H,2-5,8H2,1H3;6-8,14H,2-5,9H2,1H3;1-3,8-9H. The van der Waals surface area contributed by atoms with E-state index in [9.17, 15) is 44.1 Å². The number of halogens is 5. The first-order valence-electron chi connectivity index (χ1n) is 29.4. The predicted molar refractivity (Wildman–Crippen MR) is 350 cm³/mol. The van der Waals surface area contributed by atoms with Gasteiger partial charge in [0.2, 0.25) is 5.89 Å². The highest BCUT2D eigenvalue weighted by molar-refractivity contribution is 6.37. The van der Waals surface area contributed by atoms with Gasteiger partial charge in [0.05, 0.1) is 32.0 Å². The molecule has 0 unspecified atom stereocenters. The van der Waals surface area contributed by atoms with Crippen molar-refractivity contribution in [2.75, 3.05) is 26.4 Å². The summed E-state index contributed by atoms with van der Waals surface area (Å²) in [6, 6.07) is 19.7. The van der Waals surface area contributed by atoms with Crippen LogP contribution in [-0.4, -0.2) is 86.1 Å². The van der Waals surface area contributed by atoms with E-state index in [2.05, 4.69) is 37.7 Å². The number of imide groups is 2. The van der Waals surface area contributed by atoms with E-state index >= 15 is 0 Å². The van der Waals surface area contributed by atoms with Crippen LogP contribution in [0.4, 0.5) is 4.79 Å². The minimum absolute atomic E-state index is 0.00227. The van der Waals surface area contributed by atoms with E-state index in [0.717, 1.165) is 70.3 Å². The molecular formula is C65H75Cl5N4O16. The number of fused-ring (bicyclic) bond motifs is 2. The van der Waals surface area contributed by atoms with Crippen molar-refractivity contribution in [3.8, 4) is 63.2 Å². The summed E-state index contributed by atoms with van der Waals surface area (Å²) < 4.78 is 27.8. The molecule has 25 heteroatoms. The van der Waals surface area contributed by atoms with Gasteiger partial charge in [-0.15, -0.1) is 0 Å². The van der Waals surface area contributed by atoms with Gasteiger partial charge in [-0.05, 0) is 98.5 Å². The van der Waals surface area contributed by atoms with Crippen molar-refractivity contribution in [2.24, 2.45) is 0 Å². The average molecular weight is 1350 g/mol. The van der Waals surface area contributed by atoms with E-state index < -0.39 is 29.1 Å². The number of nitrogens with one attached hydrogen (secondary N) is 3. The van der Waals surface area contributed by atoms with Crippen molar-refractivity contribution in [1.29, 1.82) is 0 Å². The Morgan fingerprint density at radius 2 is 0.900 bits per heavy atom. The summed E-state index contributed by atoms with van der Waals surface area (Å²) in [5, 5.41) is 52.0. The van der Waals surface area contributed by atoms with Gasteiger partial charge in [0.25, 0.3) is 17.4 Å². The number of carbonyl (C=O) groups excluding carboxylic acids is 4. The molecule has 8 N–H and O–H groups in total. The molecule has 3 aliphatic rings. The Bertz CT molecular complexity index is 3550. The number of urea groups is 1. The highest BCUT2D eigenvalue weighted by Gasteiger charge is 2.28. The van der Waals surface area contributed by atoms with Crippen molar-refractivity contribution in [2.45, 2.75) is 130 Å². The van der Waals surface area contributed by atoms with Crippen LogP contribution < -0.4 is 40.8 Å². The van der Waals surface area contributed by atoms with Crippen LogP contribution >= 0.6 is 58.0 Å². The second kappa shape index (κ2) is 40.0. The molecule has 486 valence electrons. The van der Waals surface area contributed by atoms with Gasteiger partial charge in [-0.2, -0.15) is 4.98 Å². The number of ether oxygens (including phenoxy) is 4. The molecule has 5 aromatic carbocycles. The maximum absolute atomic E-state index is 11.8. The van der Waals surface area contributed by atoms with E-state index in [1.165, 1.54) is 68.9 Å². The summed E-state index contributed by atoms with van der Waals surface area (Å²) >= 11 is 29.6. The highest BCUT2D eigenvalue weighted by atomic mass is 35.5. The molecule has 90 heavy (non-hydrogen) atoms. The number of aromatic nitrogens is 2. The lowest BCUT2D eigenvalue weighted by atomic mass is 10.1. The first-order chi connectivity index (χ1) is 43.2. The van der Waals surface area contributed by atoms with Gasteiger partial charge < -0.3 is 48.9 Å². The zero-order valence-corrected chi connectivity index (χ0v) is 54.1. The molecule has 0 bridgehead atoms. The molecule has 5 aromatic rings. The average Bonchev–Trinajstić information content (AvgIpc) is 0.982. The van der Waals surface area contributed by atoms with Crippen LogP contribution in [0.1, 0.15) is 146 Å². The fourth-order valence-corrected chi connectivity index (χ4v) is 9.09. The van der Waals surface area contributed by atoms with Crippen LogP contribution in [0.25, 0.3) is 28.5 Å². The van der Waals surface area contributed by atoms with Crippen LogP contribution in [0.2, 0.25) is 25.1 Å². The number of aromatic hydroxyl groups is 5. The smallest absolute Gasteiger partial charge is 0.351 e. The molecule has 8 rings (SSSR count). The van der Waals surface area contributed by atoms with Gasteiger partial charge in [-0.1, -0.05) is 175 Å². The Morgan fingerprint density at radius 3 is 1.36 bits per heavy atom. The fraction of sp³-hybridized carbons (Fsp3) is 0.369. The third-order valence-corrected chi connectivity index (χ3v) is 14.9. The van der Waals surface area contributed by atoms with E-state index in [-0.39, 0.29) is 72.0 Å². The normalized spacial score (nSPS) is 11.5. The lowest BCUT2D eigenvalue weighted by Crippen LogP contribution is -2.51. The summed E-state index contributed by atoms with van der Waals surface area (Å²) in [7, 11) is 0. The first kappa shape index (κ1) is 74.6. The maximum Gasteiger partial charge on any atom is 0.351 e. The Labute approximate surface area is 546 Å². The van der Waals surface area contributed by atoms with E-state index in [1.54, 1.807) is 48.5 Å². The first-order valence-corrected chi connectivity index (χ1v) is 31.3. The second-order valence-electron chi connectivity index (χ2n) is 20.0. The van der Waals surface area contributed by atoms with Crippen molar-refractivity contribution in [3.05, 3.63) is 142 Å². The van der Waals surface area contributed by atoms with Crippen LogP contribution in [0.5, 0.6) is 51.7 Å². The summed E-state index contributed by atoms with van der Waals surface area (Å²) in [6.45, 7) is 10.9. The van der Waals surface area contributed by atoms with Crippen LogP contribution in [-0.2, 0) is 9.59 Å². The van der Waals surface area contributed by atoms with Gasteiger partial charge >= 0.3 is 11.7 Å². The highest BCUT2D eigenvalue weighted by Crippen LogP contribution is 2.39. The van der Waals surface area contributed by atoms with Crippen molar-refractivity contribution < 1.29 is 68.1 Å². The molecule has 0 radical (unpaired) electrons. The SMILES string of the molecule is CCCCCCOc1ccc(C=C2C(=O)NC(=O)NC2=O)c(O)c1Cl.CCCCCCOc1ccc(C=O)c(O)c1Cl.CCCCCCOc1ccc2cc3c(=O)[nH]c(=O)nc-3oc2c1Cl.CCCCCCOc1cccc(O)c1Cl.Oc1cccc(O)c1Cl. The molecule has 1 saturated heterocycles. The number of rotatable bonds is 26. The summed E-state index contributed by atoms with van der Waals surface area (Å²) in [4.78, 5) is 73.9. The summed E-state index contributed by atoms with van der Waals surface area (Å²) in [5.74, 6) is -0.568. The van der Waals surface area contributed by atoms with E-state index in [4.69, 9.17) is 91.6 Å². The number of phenolic OH excluding ortho intramolecular Hbond substituents is 5. The lowest BCUT2D eigenvalue weighted by Gasteiger charge is -2.15. The van der Waals surface area contributed by atoms with Crippen LogP contribution in [0.3, 0.4) is 0 Å². The predicted octanol–water partition coefficient (Wildman–Crippen LogP) is 15.9. The molecule has 1 fully saturated rings. The number of aldehydes is 1. The number of carbonyl (C=O) groups is 4. The van der Waals surface area contributed by atoms with Crippen molar-refractivity contribution in [1.82, 2.24) is 20.6 Å². The van der Waals surface area contributed by atoms with Gasteiger partial charge in [0, 0.05) is 10.9 Å². The Morgan fingerprint density at radius 1 is 0.489 bits per heavy atom. The second-order valence-corrected chi connectivity index (χ2v) is 21.9. The van der Waals surface area contributed by atoms with Crippen LogP contribution in [0.15, 0.2) is 98.4 Å². The molecule has 0 atom stereocenters. The number of hydrogen-bond acceptors (Lipinski definition) is 17. The Hall–Kier alpha value is -7.88. The van der Waals surface area contributed by atoms with E-state index in [0.29, 0.717) is 76.7 Å². The van der Waals surface area contributed by atoms with Gasteiger partial charge in [0.15, 0.2) is 11.9 Å². The minimum Gasteiger partial charge on any atom is -0.506 e. The fourth-order valence-electron chi connectivity index (χ4n) is 8.06. The monoisotopic (exact) mass is 1340 g/mol. The third kappa shape index (κ3) is 23.8.